The highest BCUT2D eigenvalue weighted by molar-refractivity contribution is 7.88. The van der Waals surface area contributed by atoms with Crippen LogP contribution in [-0.4, -0.2) is 49.0 Å². The van der Waals surface area contributed by atoms with Crippen molar-refractivity contribution in [3.8, 4) is 11.8 Å². The van der Waals surface area contributed by atoms with Crippen LogP contribution in [0.15, 0.2) is 36.7 Å². The van der Waals surface area contributed by atoms with Crippen LogP contribution in [0.3, 0.4) is 0 Å². The molecule has 1 atom stereocenters. The Kier molecular flexibility index (Phi) is 6.27. The van der Waals surface area contributed by atoms with Crippen LogP contribution in [0.5, 0.6) is 11.8 Å². The zero-order chi connectivity index (χ0) is 21.1. The number of nitrogens with zero attached hydrogens (tertiary/aromatic N) is 3. The van der Waals surface area contributed by atoms with Crippen molar-refractivity contribution in [1.29, 1.82) is 0 Å². The van der Waals surface area contributed by atoms with Gasteiger partial charge in [0.25, 0.3) is 0 Å². The molecule has 1 saturated heterocycles. The number of halogens is 3. The van der Waals surface area contributed by atoms with Gasteiger partial charge in [0.1, 0.15) is 6.10 Å². The first-order valence-corrected chi connectivity index (χ1v) is 10.4. The molecular weight excluding hydrogens is 411 g/mol. The highest BCUT2D eigenvalue weighted by atomic mass is 32.2. The lowest BCUT2D eigenvalue weighted by molar-refractivity contribution is -0.137. The molecule has 3 rings (SSSR count). The van der Waals surface area contributed by atoms with Gasteiger partial charge < -0.3 is 9.47 Å². The van der Waals surface area contributed by atoms with Crippen molar-refractivity contribution in [2.75, 3.05) is 20.2 Å². The normalized spacial score (nSPS) is 18.4. The summed E-state index contributed by atoms with van der Waals surface area (Å²) < 4.78 is 75.5. The maximum Gasteiger partial charge on any atom is 0.416 e. The fourth-order valence-corrected chi connectivity index (χ4v) is 4.60. The summed E-state index contributed by atoms with van der Waals surface area (Å²) in [5, 5.41) is 0. The first kappa shape index (κ1) is 21.3. The van der Waals surface area contributed by atoms with E-state index in [2.05, 4.69) is 9.97 Å². The molecule has 0 saturated carbocycles. The average molecular weight is 431 g/mol. The minimum absolute atomic E-state index is 0.127. The predicted octanol–water partition coefficient (Wildman–Crippen LogP) is 2.88. The van der Waals surface area contributed by atoms with Crippen LogP contribution in [0.4, 0.5) is 13.2 Å². The van der Waals surface area contributed by atoms with Gasteiger partial charge in [-0.1, -0.05) is 12.1 Å². The second-order valence-corrected chi connectivity index (χ2v) is 8.56. The number of methoxy groups -OCH3 is 1. The molecule has 1 aromatic carbocycles. The summed E-state index contributed by atoms with van der Waals surface area (Å²) >= 11 is 0. The Balaban J connectivity index is 1.65. The minimum Gasteiger partial charge on any atom is -0.480 e. The number of rotatable bonds is 6. The first-order chi connectivity index (χ1) is 13.7. The molecule has 0 spiro atoms. The Morgan fingerprint density at radius 3 is 2.52 bits per heavy atom. The summed E-state index contributed by atoms with van der Waals surface area (Å²) in [5.41, 5.74) is -0.524. The first-order valence-electron chi connectivity index (χ1n) is 8.84. The van der Waals surface area contributed by atoms with E-state index >= 15 is 0 Å². The third-order valence-electron chi connectivity index (χ3n) is 4.45. The van der Waals surface area contributed by atoms with Crippen LogP contribution < -0.4 is 9.47 Å². The van der Waals surface area contributed by atoms with Gasteiger partial charge in [-0.05, 0) is 30.5 Å². The van der Waals surface area contributed by atoms with Gasteiger partial charge in [0, 0.05) is 6.54 Å². The van der Waals surface area contributed by atoms with Gasteiger partial charge in [-0.3, -0.25) is 4.98 Å². The number of aromatic nitrogens is 2. The molecule has 1 aromatic heterocycles. The minimum atomic E-state index is -4.46. The maximum atomic E-state index is 12.7. The number of alkyl halides is 3. The van der Waals surface area contributed by atoms with Gasteiger partial charge in [0.05, 0.1) is 37.4 Å². The van der Waals surface area contributed by atoms with E-state index in [1.807, 2.05) is 0 Å². The molecule has 1 aliphatic rings. The lowest BCUT2D eigenvalue weighted by atomic mass is 10.1. The smallest absolute Gasteiger partial charge is 0.416 e. The maximum absolute atomic E-state index is 12.7. The molecule has 0 bridgehead atoms. The Labute approximate surface area is 166 Å². The highest BCUT2D eigenvalue weighted by Gasteiger charge is 2.32. The van der Waals surface area contributed by atoms with Gasteiger partial charge in [-0.2, -0.15) is 22.5 Å². The number of hydrogen-bond donors (Lipinski definition) is 0. The quantitative estimate of drug-likeness (QED) is 0.700. The van der Waals surface area contributed by atoms with E-state index in [1.54, 1.807) is 0 Å². The Hall–Kier alpha value is -2.40. The fourth-order valence-electron chi connectivity index (χ4n) is 3.00. The lowest BCUT2D eigenvalue weighted by Crippen LogP contribution is -2.44. The number of hydrogen-bond acceptors (Lipinski definition) is 6. The Morgan fingerprint density at radius 1 is 1.17 bits per heavy atom. The van der Waals surface area contributed by atoms with E-state index in [1.165, 1.54) is 35.9 Å². The van der Waals surface area contributed by atoms with Gasteiger partial charge in [0.15, 0.2) is 0 Å². The van der Waals surface area contributed by atoms with Gasteiger partial charge in [-0.25, -0.2) is 8.42 Å². The average Bonchev–Trinajstić information content (AvgIpc) is 2.68. The third kappa shape index (κ3) is 5.57. The molecule has 0 amide bonds. The predicted molar refractivity (Wildman–Crippen MR) is 97.9 cm³/mol. The molecule has 1 unspecified atom stereocenters. The van der Waals surface area contributed by atoms with E-state index in [9.17, 15) is 21.6 Å². The van der Waals surface area contributed by atoms with Crippen molar-refractivity contribution in [1.82, 2.24) is 14.3 Å². The van der Waals surface area contributed by atoms with Crippen molar-refractivity contribution >= 4 is 10.0 Å². The molecule has 29 heavy (non-hydrogen) atoms. The van der Waals surface area contributed by atoms with E-state index in [-0.39, 0.29) is 24.1 Å². The van der Waals surface area contributed by atoms with Crippen molar-refractivity contribution in [2.45, 2.75) is 30.9 Å². The third-order valence-corrected chi connectivity index (χ3v) is 6.27. The summed E-state index contributed by atoms with van der Waals surface area (Å²) in [5.74, 6) is 0.137. The second kappa shape index (κ2) is 8.54. The highest BCUT2D eigenvalue weighted by Crippen LogP contribution is 2.29. The van der Waals surface area contributed by atoms with E-state index in [0.29, 0.717) is 24.9 Å². The molecular formula is C18H20F3N3O4S. The monoisotopic (exact) mass is 431 g/mol. The van der Waals surface area contributed by atoms with Gasteiger partial charge in [0.2, 0.25) is 21.8 Å². The van der Waals surface area contributed by atoms with Crippen LogP contribution >= 0.6 is 0 Å². The molecule has 2 aromatic rings. The molecule has 0 aliphatic carbocycles. The van der Waals surface area contributed by atoms with Crippen molar-refractivity contribution in [3.63, 3.8) is 0 Å². The van der Waals surface area contributed by atoms with Gasteiger partial charge in [-0.15, -0.1) is 0 Å². The topological polar surface area (TPSA) is 81.6 Å². The van der Waals surface area contributed by atoms with Crippen molar-refractivity contribution < 1.29 is 31.1 Å². The molecule has 0 radical (unpaired) electrons. The Bertz CT molecular complexity index is 936. The summed E-state index contributed by atoms with van der Waals surface area (Å²) in [6, 6.07) is 4.14. The summed E-state index contributed by atoms with van der Waals surface area (Å²) in [6.07, 6.45) is -0.795. The molecule has 2 heterocycles. The zero-order valence-electron chi connectivity index (χ0n) is 15.6. The van der Waals surface area contributed by atoms with E-state index < -0.39 is 27.9 Å². The number of benzene rings is 1. The van der Waals surface area contributed by atoms with Crippen molar-refractivity contribution in [3.05, 3.63) is 47.8 Å². The number of sulfonamides is 1. The Morgan fingerprint density at radius 2 is 1.86 bits per heavy atom. The summed E-state index contributed by atoms with van der Waals surface area (Å²) in [7, 11) is -2.26. The van der Waals surface area contributed by atoms with E-state index in [4.69, 9.17) is 9.47 Å². The lowest BCUT2D eigenvalue weighted by Gasteiger charge is -2.31. The molecule has 1 aliphatic heterocycles. The number of ether oxygens (including phenoxy) is 2. The second-order valence-electron chi connectivity index (χ2n) is 6.59. The molecule has 158 valence electrons. The number of piperidine rings is 1. The SMILES string of the molecule is COc1cncc(OC2CCCN(S(=O)(=O)Cc3ccc(C(F)(F)F)cc3)C2)n1. The van der Waals surface area contributed by atoms with E-state index in [0.717, 1.165) is 12.1 Å². The summed E-state index contributed by atoms with van der Waals surface area (Å²) in [6.45, 7) is 0.453. The van der Waals surface area contributed by atoms with Crippen LogP contribution in [0.2, 0.25) is 0 Å². The molecule has 0 N–H and O–H groups in total. The summed E-state index contributed by atoms with van der Waals surface area (Å²) in [4.78, 5) is 8.05. The molecule has 7 nitrogen and oxygen atoms in total. The largest absolute Gasteiger partial charge is 0.480 e. The zero-order valence-corrected chi connectivity index (χ0v) is 16.4. The standard InChI is InChI=1S/C18H20F3N3O4S/c1-27-16-9-22-10-17(23-16)28-15-3-2-8-24(11-15)29(25,26)12-13-4-6-14(7-5-13)18(19,20)21/h4-7,9-10,15H,2-3,8,11-12H2,1H3. The van der Waals surface area contributed by atoms with Gasteiger partial charge >= 0.3 is 6.18 Å². The van der Waals surface area contributed by atoms with Crippen molar-refractivity contribution in [2.24, 2.45) is 0 Å². The molecule has 11 heteroatoms. The van der Waals surface area contributed by atoms with Crippen LogP contribution in [-0.2, 0) is 22.0 Å². The fraction of sp³-hybridized carbons (Fsp3) is 0.444. The van der Waals surface area contributed by atoms with Crippen LogP contribution in [0.25, 0.3) is 0 Å². The van der Waals surface area contributed by atoms with Crippen LogP contribution in [0.1, 0.15) is 24.0 Å². The molecule has 1 fully saturated rings. The van der Waals surface area contributed by atoms with Crippen LogP contribution in [0, 0.1) is 0 Å².